The third-order valence-corrected chi connectivity index (χ3v) is 2.91. The molecule has 0 bridgehead atoms. The van der Waals surface area contributed by atoms with Crippen LogP contribution in [0.1, 0.15) is 43.7 Å². The van der Waals surface area contributed by atoms with Crippen LogP contribution in [0.3, 0.4) is 0 Å². The molecule has 86 valence electrons. The molecule has 1 aliphatic rings. The van der Waals surface area contributed by atoms with E-state index in [0.717, 1.165) is 29.7 Å². The van der Waals surface area contributed by atoms with Gasteiger partial charge in [0.15, 0.2) is 0 Å². The standard InChI is InChI=1S/C14H18O2/c1-9(2)12-7-4-10(3)8-13(12)16-14(15)11-5-6-11/h4,7-9,11H,5-6H2,1-3H3. The average Bonchev–Trinajstić information content (AvgIpc) is 2.99. The van der Waals surface area contributed by atoms with E-state index in [1.807, 2.05) is 13.0 Å². The van der Waals surface area contributed by atoms with E-state index in [4.69, 9.17) is 4.74 Å². The van der Waals surface area contributed by atoms with E-state index in [1.54, 1.807) is 0 Å². The number of benzene rings is 1. The van der Waals surface area contributed by atoms with E-state index >= 15 is 0 Å². The number of aryl methyl sites for hydroxylation is 1. The molecular formula is C14H18O2. The Morgan fingerprint density at radius 2 is 2.06 bits per heavy atom. The minimum absolute atomic E-state index is 0.0625. The largest absolute Gasteiger partial charge is 0.426 e. The van der Waals surface area contributed by atoms with Gasteiger partial charge in [-0.3, -0.25) is 4.79 Å². The van der Waals surface area contributed by atoms with E-state index in [2.05, 4.69) is 26.0 Å². The van der Waals surface area contributed by atoms with Crippen molar-refractivity contribution in [2.45, 2.75) is 39.5 Å². The zero-order chi connectivity index (χ0) is 11.7. The van der Waals surface area contributed by atoms with Crippen molar-refractivity contribution in [1.82, 2.24) is 0 Å². The molecule has 1 aromatic rings. The monoisotopic (exact) mass is 218 g/mol. The average molecular weight is 218 g/mol. The van der Waals surface area contributed by atoms with Crippen LogP contribution in [0.25, 0.3) is 0 Å². The van der Waals surface area contributed by atoms with Crippen LogP contribution in [0, 0.1) is 12.8 Å². The molecule has 2 nitrogen and oxygen atoms in total. The number of carbonyl (C=O) groups excluding carboxylic acids is 1. The Labute approximate surface area is 96.6 Å². The quantitative estimate of drug-likeness (QED) is 0.574. The van der Waals surface area contributed by atoms with Gasteiger partial charge in [0.2, 0.25) is 0 Å². The lowest BCUT2D eigenvalue weighted by atomic mass is 10.0. The summed E-state index contributed by atoms with van der Waals surface area (Å²) in [7, 11) is 0. The van der Waals surface area contributed by atoms with Gasteiger partial charge in [-0.05, 0) is 42.9 Å². The van der Waals surface area contributed by atoms with Gasteiger partial charge in [0.05, 0.1) is 5.92 Å². The second-order valence-electron chi connectivity index (χ2n) is 4.89. The van der Waals surface area contributed by atoms with Gasteiger partial charge < -0.3 is 4.74 Å². The lowest BCUT2D eigenvalue weighted by molar-refractivity contribution is -0.135. The maximum Gasteiger partial charge on any atom is 0.314 e. The second kappa shape index (κ2) is 4.28. The first-order chi connectivity index (χ1) is 7.58. The van der Waals surface area contributed by atoms with Crippen molar-refractivity contribution in [3.63, 3.8) is 0 Å². The highest BCUT2D eigenvalue weighted by molar-refractivity contribution is 5.77. The minimum Gasteiger partial charge on any atom is -0.426 e. The Morgan fingerprint density at radius 3 is 2.62 bits per heavy atom. The smallest absolute Gasteiger partial charge is 0.314 e. The second-order valence-corrected chi connectivity index (χ2v) is 4.89. The Bertz CT molecular complexity index is 403. The maximum atomic E-state index is 11.6. The first-order valence-electron chi connectivity index (χ1n) is 5.90. The molecule has 0 atom stereocenters. The summed E-state index contributed by atoms with van der Waals surface area (Å²) in [6.07, 6.45) is 1.98. The van der Waals surface area contributed by atoms with Gasteiger partial charge in [0.25, 0.3) is 0 Å². The molecule has 1 aliphatic carbocycles. The number of hydrogen-bond donors (Lipinski definition) is 0. The maximum absolute atomic E-state index is 11.6. The van der Waals surface area contributed by atoms with Crippen molar-refractivity contribution in [3.8, 4) is 5.75 Å². The van der Waals surface area contributed by atoms with Gasteiger partial charge in [-0.15, -0.1) is 0 Å². The number of ether oxygens (including phenoxy) is 1. The summed E-state index contributed by atoms with van der Waals surface area (Å²) < 4.78 is 5.47. The third-order valence-electron chi connectivity index (χ3n) is 2.91. The fourth-order valence-corrected chi connectivity index (χ4v) is 1.72. The molecule has 0 aliphatic heterocycles. The van der Waals surface area contributed by atoms with Gasteiger partial charge >= 0.3 is 5.97 Å². The van der Waals surface area contributed by atoms with Crippen molar-refractivity contribution in [2.75, 3.05) is 0 Å². The highest BCUT2D eigenvalue weighted by Crippen LogP contribution is 2.33. The van der Waals surface area contributed by atoms with Crippen molar-refractivity contribution in [2.24, 2.45) is 5.92 Å². The lowest BCUT2D eigenvalue weighted by Crippen LogP contribution is -2.11. The van der Waals surface area contributed by atoms with E-state index in [9.17, 15) is 4.79 Å². The van der Waals surface area contributed by atoms with Crippen LogP contribution in [0.2, 0.25) is 0 Å². The molecule has 1 aromatic carbocycles. The van der Waals surface area contributed by atoms with Crippen LogP contribution in [0.4, 0.5) is 0 Å². The highest BCUT2D eigenvalue weighted by Gasteiger charge is 2.32. The summed E-state index contributed by atoms with van der Waals surface area (Å²) in [5.74, 6) is 1.21. The molecule has 0 unspecified atom stereocenters. The summed E-state index contributed by atoms with van der Waals surface area (Å²) in [6, 6.07) is 6.06. The summed E-state index contributed by atoms with van der Waals surface area (Å²) in [5, 5.41) is 0. The predicted octanol–water partition coefficient (Wildman–Crippen LogP) is 3.43. The molecule has 2 heteroatoms. The molecule has 0 spiro atoms. The molecule has 1 saturated carbocycles. The van der Waals surface area contributed by atoms with Gasteiger partial charge in [-0.2, -0.15) is 0 Å². The van der Waals surface area contributed by atoms with Crippen LogP contribution < -0.4 is 4.74 Å². The van der Waals surface area contributed by atoms with Crippen LogP contribution in [0.15, 0.2) is 18.2 Å². The molecule has 0 aromatic heterocycles. The van der Waals surface area contributed by atoms with E-state index in [1.165, 1.54) is 0 Å². The predicted molar refractivity (Wildman–Crippen MR) is 63.6 cm³/mol. The Morgan fingerprint density at radius 1 is 1.38 bits per heavy atom. The summed E-state index contributed by atoms with van der Waals surface area (Å²) in [5.41, 5.74) is 2.24. The summed E-state index contributed by atoms with van der Waals surface area (Å²) in [4.78, 5) is 11.6. The van der Waals surface area contributed by atoms with Gasteiger partial charge in [-0.1, -0.05) is 26.0 Å². The first kappa shape index (κ1) is 11.2. The van der Waals surface area contributed by atoms with Crippen molar-refractivity contribution in [1.29, 1.82) is 0 Å². The molecule has 0 heterocycles. The van der Waals surface area contributed by atoms with Crippen LogP contribution in [-0.4, -0.2) is 5.97 Å². The molecular weight excluding hydrogens is 200 g/mol. The van der Waals surface area contributed by atoms with Gasteiger partial charge in [-0.25, -0.2) is 0 Å². The molecule has 1 fully saturated rings. The molecule has 16 heavy (non-hydrogen) atoms. The third kappa shape index (κ3) is 2.43. The zero-order valence-electron chi connectivity index (χ0n) is 10.1. The SMILES string of the molecule is Cc1ccc(C(C)C)c(OC(=O)C2CC2)c1. The normalized spacial score (nSPS) is 15.2. The lowest BCUT2D eigenvalue weighted by Gasteiger charge is -2.13. The molecule has 0 radical (unpaired) electrons. The van der Waals surface area contributed by atoms with Crippen molar-refractivity contribution in [3.05, 3.63) is 29.3 Å². The minimum atomic E-state index is -0.0625. The number of hydrogen-bond acceptors (Lipinski definition) is 2. The topological polar surface area (TPSA) is 26.3 Å². The van der Waals surface area contributed by atoms with Gasteiger partial charge in [0, 0.05) is 0 Å². The number of carbonyl (C=O) groups is 1. The summed E-state index contributed by atoms with van der Waals surface area (Å²) >= 11 is 0. The van der Waals surface area contributed by atoms with Crippen molar-refractivity contribution < 1.29 is 9.53 Å². The molecule has 0 N–H and O–H groups in total. The zero-order valence-corrected chi connectivity index (χ0v) is 10.1. The van der Waals surface area contributed by atoms with E-state index in [0.29, 0.717) is 5.92 Å². The fraction of sp³-hybridized carbons (Fsp3) is 0.500. The van der Waals surface area contributed by atoms with Crippen LogP contribution in [-0.2, 0) is 4.79 Å². The number of rotatable bonds is 3. The van der Waals surface area contributed by atoms with Gasteiger partial charge in [0.1, 0.15) is 5.75 Å². The highest BCUT2D eigenvalue weighted by atomic mass is 16.5. The fourth-order valence-electron chi connectivity index (χ4n) is 1.72. The summed E-state index contributed by atoms with van der Waals surface area (Å²) in [6.45, 7) is 6.23. The Balaban J connectivity index is 2.22. The Kier molecular flexibility index (Phi) is 2.99. The van der Waals surface area contributed by atoms with Crippen LogP contribution in [0.5, 0.6) is 5.75 Å². The molecule has 0 amide bonds. The van der Waals surface area contributed by atoms with E-state index in [-0.39, 0.29) is 11.9 Å². The Hall–Kier alpha value is -1.31. The van der Waals surface area contributed by atoms with E-state index < -0.39 is 0 Å². The first-order valence-corrected chi connectivity index (χ1v) is 5.90. The molecule has 2 rings (SSSR count). The molecule has 0 saturated heterocycles. The number of esters is 1. The van der Waals surface area contributed by atoms with Crippen molar-refractivity contribution >= 4 is 5.97 Å². The van der Waals surface area contributed by atoms with Crippen LogP contribution >= 0.6 is 0 Å².